The van der Waals surface area contributed by atoms with Gasteiger partial charge in [0.2, 0.25) is 5.88 Å². The molecule has 0 aliphatic carbocycles. The zero-order valence-electron chi connectivity index (χ0n) is 11.6. The first kappa shape index (κ1) is 13.9. The van der Waals surface area contributed by atoms with Crippen molar-refractivity contribution < 1.29 is 14.3 Å². The number of esters is 1. The summed E-state index contributed by atoms with van der Waals surface area (Å²) in [6.45, 7) is 3.91. The first-order valence-corrected chi connectivity index (χ1v) is 6.18. The second kappa shape index (κ2) is 6.10. The summed E-state index contributed by atoms with van der Waals surface area (Å²) in [5, 5.41) is 0. The van der Waals surface area contributed by atoms with Crippen LogP contribution in [0.2, 0.25) is 0 Å². The van der Waals surface area contributed by atoms with Crippen LogP contribution in [-0.2, 0) is 11.2 Å². The highest BCUT2D eigenvalue weighted by molar-refractivity contribution is 5.86. The van der Waals surface area contributed by atoms with Crippen LogP contribution in [0.25, 0.3) is 0 Å². The second-order valence-electron chi connectivity index (χ2n) is 4.09. The first-order valence-electron chi connectivity index (χ1n) is 6.18. The molecule has 0 bridgehead atoms. The largest absolute Gasteiger partial charge is 0.464 e. The van der Waals surface area contributed by atoms with Crippen LogP contribution in [0.4, 0.5) is 0 Å². The second-order valence-corrected chi connectivity index (χ2v) is 4.09. The van der Waals surface area contributed by atoms with Gasteiger partial charge >= 0.3 is 5.97 Å². The molecule has 2 aromatic rings. The monoisotopic (exact) mass is 273 g/mol. The summed E-state index contributed by atoms with van der Waals surface area (Å²) >= 11 is 0. The molecule has 2 heterocycles. The average molecular weight is 273 g/mol. The Bertz CT molecular complexity index is 629. The molecule has 20 heavy (non-hydrogen) atoms. The summed E-state index contributed by atoms with van der Waals surface area (Å²) < 4.78 is 10.2. The molecule has 0 unspecified atom stereocenters. The molecule has 0 radical (unpaired) electrons. The summed E-state index contributed by atoms with van der Waals surface area (Å²) in [7, 11) is 1.29. The van der Waals surface area contributed by atoms with Gasteiger partial charge in [0.15, 0.2) is 11.4 Å². The highest BCUT2D eigenvalue weighted by Crippen LogP contribution is 2.23. The maximum absolute atomic E-state index is 11.4. The minimum atomic E-state index is -0.555. The molecule has 0 N–H and O–H groups in total. The van der Waals surface area contributed by atoms with E-state index < -0.39 is 5.97 Å². The Morgan fingerprint density at radius 2 is 2.05 bits per heavy atom. The third-order valence-corrected chi connectivity index (χ3v) is 2.63. The zero-order chi connectivity index (χ0) is 14.5. The van der Waals surface area contributed by atoms with Crippen molar-refractivity contribution in [1.29, 1.82) is 0 Å². The highest BCUT2D eigenvalue weighted by atomic mass is 16.5. The molecule has 0 aliphatic heterocycles. The van der Waals surface area contributed by atoms with Gasteiger partial charge in [-0.2, -0.15) is 0 Å². The van der Waals surface area contributed by atoms with E-state index in [1.54, 1.807) is 0 Å². The summed E-state index contributed by atoms with van der Waals surface area (Å²) in [5.41, 5.74) is 1.85. The van der Waals surface area contributed by atoms with Crippen molar-refractivity contribution in [3.63, 3.8) is 0 Å². The lowest BCUT2D eigenvalue weighted by atomic mass is 10.2. The van der Waals surface area contributed by atoms with Crippen molar-refractivity contribution in [3.8, 4) is 11.6 Å². The van der Waals surface area contributed by atoms with E-state index in [0.717, 1.165) is 17.8 Å². The van der Waals surface area contributed by atoms with Crippen LogP contribution in [-0.4, -0.2) is 28.0 Å². The molecule has 0 fully saturated rings. The molecule has 0 aliphatic rings. The quantitative estimate of drug-likeness (QED) is 0.796. The molecule has 104 valence electrons. The number of pyridine rings is 1. The smallest absolute Gasteiger partial charge is 0.358 e. The van der Waals surface area contributed by atoms with Crippen molar-refractivity contribution in [1.82, 2.24) is 15.0 Å². The number of hydrogen-bond acceptors (Lipinski definition) is 6. The molecule has 0 amide bonds. The topological polar surface area (TPSA) is 74.2 Å². The molecule has 0 saturated carbocycles. The number of aryl methyl sites for hydroxylation is 2. The Morgan fingerprint density at radius 1 is 1.25 bits per heavy atom. The van der Waals surface area contributed by atoms with Gasteiger partial charge in [-0.1, -0.05) is 6.92 Å². The zero-order valence-corrected chi connectivity index (χ0v) is 11.6. The molecule has 2 aromatic heterocycles. The minimum absolute atomic E-state index is 0.100. The summed E-state index contributed by atoms with van der Waals surface area (Å²) in [6.07, 6.45) is 3.50. The van der Waals surface area contributed by atoms with Crippen molar-refractivity contribution >= 4 is 5.97 Å². The van der Waals surface area contributed by atoms with E-state index in [1.807, 2.05) is 26.0 Å². The van der Waals surface area contributed by atoms with E-state index in [1.165, 1.54) is 19.5 Å². The van der Waals surface area contributed by atoms with Crippen LogP contribution in [0, 0.1) is 6.92 Å². The van der Waals surface area contributed by atoms with Crippen LogP contribution >= 0.6 is 0 Å². The van der Waals surface area contributed by atoms with Crippen molar-refractivity contribution in [2.24, 2.45) is 0 Å². The number of methoxy groups -OCH3 is 1. The molecule has 6 heteroatoms. The number of ether oxygens (including phenoxy) is 2. The molecular weight excluding hydrogens is 258 g/mol. The van der Waals surface area contributed by atoms with E-state index in [-0.39, 0.29) is 11.6 Å². The van der Waals surface area contributed by atoms with E-state index in [0.29, 0.717) is 5.75 Å². The van der Waals surface area contributed by atoms with E-state index in [4.69, 9.17) is 4.74 Å². The average Bonchev–Trinajstić information content (AvgIpc) is 2.48. The van der Waals surface area contributed by atoms with Gasteiger partial charge in [0.25, 0.3) is 0 Å². The SMILES string of the molecule is CCc1nc(C)ccc1Oc1cncc(C(=O)OC)n1. The number of nitrogens with zero attached hydrogens (tertiary/aromatic N) is 3. The third-order valence-electron chi connectivity index (χ3n) is 2.63. The van der Waals surface area contributed by atoms with Gasteiger partial charge in [-0.3, -0.25) is 9.97 Å². The maximum Gasteiger partial charge on any atom is 0.358 e. The third kappa shape index (κ3) is 3.09. The molecule has 6 nitrogen and oxygen atoms in total. The first-order chi connectivity index (χ1) is 9.63. The van der Waals surface area contributed by atoms with Crippen LogP contribution < -0.4 is 4.74 Å². The van der Waals surface area contributed by atoms with Gasteiger partial charge in [-0.25, -0.2) is 9.78 Å². The maximum atomic E-state index is 11.4. The van der Waals surface area contributed by atoms with Crippen molar-refractivity contribution in [3.05, 3.63) is 41.6 Å². The van der Waals surface area contributed by atoms with Gasteiger partial charge in [-0.15, -0.1) is 0 Å². The van der Waals surface area contributed by atoms with Crippen LogP contribution in [0.5, 0.6) is 11.6 Å². The van der Waals surface area contributed by atoms with Crippen LogP contribution in [0.15, 0.2) is 24.5 Å². The minimum Gasteiger partial charge on any atom is -0.464 e. The molecular formula is C14H15N3O3. The Hall–Kier alpha value is -2.50. The molecule has 2 rings (SSSR count). The lowest BCUT2D eigenvalue weighted by molar-refractivity contribution is 0.0592. The van der Waals surface area contributed by atoms with Crippen molar-refractivity contribution in [2.75, 3.05) is 7.11 Å². The fourth-order valence-electron chi connectivity index (χ4n) is 1.66. The lowest BCUT2D eigenvalue weighted by Crippen LogP contribution is -2.06. The normalized spacial score (nSPS) is 10.2. The number of hydrogen-bond donors (Lipinski definition) is 0. The Balaban J connectivity index is 2.28. The van der Waals surface area contributed by atoms with E-state index in [9.17, 15) is 4.79 Å². The Labute approximate surface area is 116 Å². The summed E-state index contributed by atoms with van der Waals surface area (Å²) in [6, 6.07) is 3.68. The number of carbonyl (C=O) groups excluding carboxylic acids is 1. The number of rotatable bonds is 4. The predicted molar refractivity (Wildman–Crippen MR) is 71.8 cm³/mol. The van der Waals surface area contributed by atoms with Gasteiger partial charge < -0.3 is 9.47 Å². The number of aromatic nitrogens is 3. The molecule has 0 atom stereocenters. The van der Waals surface area contributed by atoms with Crippen molar-refractivity contribution in [2.45, 2.75) is 20.3 Å². The number of carbonyl (C=O) groups is 1. The Morgan fingerprint density at radius 3 is 2.75 bits per heavy atom. The molecule has 0 spiro atoms. The van der Waals surface area contributed by atoms with Gasteiger partial charge in [0.05, 0.1) is 25.2 Å². The standard InChI is InChI=1S/C14H15N3O3/c1-4-10-12(6-5-9(2)16-10)20-13-8-15-7-11(17-13)14(18)19-3/h5-8H,4H2,1-3H3. The molecule has 0 aromatic carbocycles. The summed E-state index contributed by atoms with van der Waals surface area (Å²) in [4.78, 5) is 23.8. The fourth-order valence-corrected chi connectivity index (χ4v) is 1.66. The lowest BCUT2D eigenvalue weighted by Gasteiger charge is -2.09. The summed E-state index contributed by atoms with van der Waals surface area (Å²) in [5.74, 6) is 0.281. The van der Waals surface area contributed by atoms with E-state index in [2.05, 4.69) is 19.7 Å². The van der Waals surface area contributed by atoms with Gasteiger partial charge in [-0.05, 0) is 25.5 Å². The Kier molecular flexibility index (Phi) is 4.24. The van der Waals surface area contributed by atoms with Crippen LogP contribution in [0.3, 0.4) is 0 Å². The van der Waals surface area contributed by atoms with Gasteiger partial charge in [0, 0.05) is 5.69 Å². The van der Waals surface area contributed by atoms with Gasteiger partial charge in [0.1, 0.15) is 0 Å². The van der Waals surface area contributed by atoms with E-state index >= 15 is 0 Å². The fraction of sp³-hybridized carbons (Fsp3) is 0.286. The predicted octanol–water partition coefficient (Wildman–Crippen LogP) is 2.32. The highest BCUT2D eigenvalue weighted by Gasteiger charge is 2.11. The van der Waals surface area contributed by atoms with Crippen LogP contribution in [0.1, 0.15) is 28.8 Å². The molecule has 0 saturated heterocycles.